The minimum Gasteiger partial charge on any atom is -0.478 e. The third kappa shape index (κ3) is 2.87. The van der Waals surface area contributed by atoms with Gasteiger partial charge in [-0.05, 0) is 30.7 Å². The summed E-state index contributed by atoms with van der Waals surface area (Å²) < 4.78 is 1.76. The summed E-state index contributed by atoms with van der Waals surface area (Å²) in [6.07, 6.45) is 5.95. The maximum Gasteiger partial charge on any atom is 0.328 e. The van der Waals surface area contributed by atoms with Gasteiger partial charge in [-0.15, -0.1) is 0 Å². The van der Waals surface area contributed by atoms with Gasteiger partial charge in [0.05, 0.1) is 23.3 Å². The predicted molar refractivity (Wildman–Crippen MR) is 69.7 cm³/mol. The fourth-order valence-corrected chi connectivity index (χ4v) is 1.69. The number of aryl methyl sites for hydroxylation is 1. The summed E-state index contributed by atoms with van der Waals surface area (Å²) in [6.45, 7) is 1.87. The Morgan fingerprint density at radius 3 is 2.89 bits per heavy atom. The summed E-state index contributed by atoms with van der Waals surface area (Å²) in [6, 6.07) is 7.26. The van der Waals surface area contributed by atoms with Crippen molar-refractivity contribution in [2.45, 2.75) is 6.92 Å². The maximum atomic E-state index is 10.5. The van der Waals surface area contributed by atoms with E-state index in [0.717, 1.165) is 17.5 Å². The number of rotatable bonds is 3. The summed E-state index contributed by atoms with van der Waals surface area (Å²) in [5.41, 5.74) is 2.71. The highest BCUT2D eigenvalue weighted by molar-refractivity contribution is 5.85. The molecule has 1 heterocycles. The van der Waals surface area contributed by atoms with Crippen LogP contribution in [0.15, 0.2) is 36.8 Å². The number of carbonyl (C=O) groups is 1. The lowest BCUT2D eigenvalue weighted by molar-refractivity contribution is -0.131. The molecule has 0 bridgehead atoms. The monoisotopic (exact) mass is 253 g/mol. The summed E-state index contributed by atoms with van der Waals surface area (Å²) in [7, 11) is 0. The number of hydrogen-bond donors (Lipinski definition) is 1. The zero-order valence-electron chi connectivity index (χ0n) is 10.2. The quantitative estimate of drug-likeness (QED) is 0.850. The molecule has 0 atom stereocenters. The Labute approximate surface area is 110 Å². The van der Waals surface area contributed by atoms with Crippen LogP contribution in [0.4, 0.5) is 0 Å². The van der Waals surface area contributed by atoms with Gasteiger partial charge < -0.3 is 9.67 Å². The smallest absolute Gasteiger partial charge is 0.328 e. The van der Waals surface area contributed by atoms with Gasteiger partial charge in [0, 0.05) is 12.3 Å². The Morgan fingerprint density at radius 1 is 1.53 bits per heavy atom. The van der Waals surface area contributed by atoms with Crippen molar-refractivity contribution in [1.82, 2.24) is 9.55 Å². The molecule has 0 fully saturated rings. The molecule has 2 aromatic rings. The van der Waals surface area contributed by atoms with Crippen LogP contribution in [0.5, 0.6) is 0 Å². The minimum atomic E-state index is -1.02. The molecule has 0 aliphatic carbocycles. The molecule has 2 rings (SSSR count). The molecular weight excluding hydrogens is 242 g/mol. The topological polar surface area (TPSA) is 78.9 Å². The summed E-state index contributed by atoms with van der Waals surface area (Å²) in [4.78, 5) is 14.6. The lowest BCUT2D eigenvalue weighted by Crippen LogP contribution is -1.95. The van der Waals surface area contributed by atoms with E-state index in [-0.39, 0.29) is 0 Å². The fraction of sp³-hybridized carbons (Fsp3) is 0.0714. The number of hydrogen-bond acceptors (Lipinski definition) is 3. The Morgan fingerprint density at radius 2 is 2.32 bits per heavy atom. The van der Waals surface area contributed by atoms with Crippen molar-refractivity contribution in [3.8, 4) is 11.8 Å². The predicted octanol–water partition coefficient (Wildman–Crippen LogP) is 2.15. The second kappa shape index (κ2) is 5.19. The largest absolute Gasteiger partial charge is 0.478 e. The van der Waals surface area contributed by atoms with E-state index in [1.165, 1.54) is 6.08 Å². The van der Waals surface area contributed by atoms with Crippen molar-refractivity contribution in [1.29, 1.82) is 5.26 Å². The first-order chi connectivity index (χ1) is 9.10. The Kier molecular flexibility index (Phi) is 3.44. The van der Waals surface area contributed by atoms with E-state index in [1.54, 1.807) is 29.1 Å². The number of carboxylic acids is 1. The molecule has 0 aliphatic heterocycles. The molecule has 0 aliphatic rings. The molecule has 0 unspecified atom stereocenters. The highest BCUT2D eigenvalue weighted by Gasteiger charge is 2.05. The number of nitrogens with zero attached hydrogens (tertiary/aromatic N) is 3. The average molecular weight is 253 g/mol. The van der Waals surface area contributed by atoms with Gasteiger partial charge in [-0.25, -0.2) is 9.78 Å². The van der Waals surface area contributed by atoms with Crippen LogP contribution in [-0.4, -0.2) is 20.6 Å². The average Bonchev–Trinajstić information content (AvgIpc) is 2.82. The first-order valence-electron chi connectivity index (χ1n) is 5.56. The Bertz CT molecular complexity index is 693. The van der Waals surface area contributed by atoms with Crippen molar-refractivity contribution < 1.29 is 9.90 Å². The van der Waals surface area contributed by atoms with Crippen molar-refractivity contribution >= 4 is 12.0 Å². The van der Waals surface area contributed by atoms with E-state index in [0.29, 0.717) is 11.1 Å². The van der Waals surface area contributed by atoms with Crippen LogP contribution in [0.25, 0.3) is 11.8 Å². The van der Waals surface area contributed by atoms with Crippen LogP contribution >= 0.6 is 0 Å². The van der Waals surface area contributed by atoms with E-state index in [1.807, 2.05) is 13.1 Å². The number of imidazole rings is 1. The molecular formula is C14H11N3O2. The van der Waals surface area contributed by atoms with Crippen LogP contribution in [0, 0.1) is 18.3 Å². The molecule has 5 nitrogen and oxygen atoms in total. The lowest BCUT2D eigenvalue weighted by atomic mass is 10.1. The van der Waals surface area contributed by atoms with Crippen LogP contribution in [0.2, 0.25) is 0 Å². The van der Waals surface area contributed by atoms with E-state index in [4.69, 9.17) is 10.4 Å². The first kappa shape index (κ1) is 12.6. The van der Waals surface area contributed by atoms with Crippen LogP contribution < -0.4 is 0 Å². The number of nitriles is 1. The second-order valence-corrected chi connectivity index (χ2v) is 3.98. The molecule has 1 N–H and O–H groups in total. The third-order valence-electron chi connectivity index (χ3n) is 2.55. The van der Waals surface area contributed by atoms with E-state index in [9.17, 15) is 4.79 Å². The number of aromatic nitrogens is 2. The molecule has 0 radical (unpaired) electrons. The lowest BCUT2D eigenvalue weighted by Gasteiger charge is -2.05. The minimum absolute atomic E-state index is 0.463. The van der Waals surface area contributed by atoms with E-state index >= 15 is 0 Å². The van der Waals surface area contributed by atoms with Gasteiger partial charge in [0.1, 0.15) is 6.07 Å². The molecule has 94 valence electrons. The van der Waals surface area contributed by atoms with Crippen LogP contribution in [-0.2, 0) is 4.79 Å². The standard InChI is InChI=1S/C14H11N3O2/c1-10-8-17(9-16-10)13-4-2-11(3-5-14(18)19)6-12(13)7-15/h2-6,8-9H,1H3,(H,18,19)/b5-3+. The first-order valence-corrected chi connectivity index (χ1v) is 5.56. The molecule has 0 saturated heterocycles. The summed E-state index contributed by atoms with van der Waals surface area (Å²) >= 11 is 0. The fourth-order valence-electron chi connectivity index (χ4n) is 1.69. The number of carboxylic acid groups (broad SMARTS) is 1. The maximum absolute atomic E-state index is 10.5. The SMILES string of the molecule is Cc1cn(-c2ccc(/C=C/C(=O)O)cc2C#N)cn1. The Hall–Kier alpha value is -2.87. The van der Waals surface area contributed by atoms with Gasteiger partial charge in [-0.3, -0.25) is 0 Å². The Balaban J connectivity index is 2.43. The second-order valence-electron chi connectivity index (χ2n) is 3.98. The van der Waals surface area contributed by atoms with Crippen molar-refractivity contribution in [3.05, 3.63) is 53.6 Å². The van der Waals surface area contributed by atoms with Crippen molar-refractivity contribution in [2.75, 3.05) is 0 Å². The van der Waals surface area contributed by atoms with Gasteiger partial charge in [-0.1, -0.05) is 6.07 Å². The van der Waals surface area contributed by atoms with Crippen LogP contribution in [0.1, 0.15) is 16.8 Å². The molecule has 0 spiro atoms. The van der Waals surface area contributed by atoms with Gasteiger partial charge in [-0.2, -0.15) is 5.26 Å². The van der Waals surface area contributed by atoms with Gasteiger partial charge in [0.25, 0.3) is 0 Å². The van der Waals surface area contributed by atoms with E-state index < -0.39 is 5.97 Å². The van der Waals surface area contributed by atoms with Crippen molar-refractivity contribution in [3.63, 3.8) is 0 Å². The van der Waals surface area contributed by atoms with Gasteiger partial charge >= 0.3 is 5.97 Å². The molecule has 5 heteroatoms. The molecule has 19 heavy (non-hydrogen) atoms. The molecule has 1 aromatic carbocycles. The highest BCUT2D eigenvalue weighted by Crippen LogP contribution is 2.17. The number of aliphatic carboxylic acids is 1. The molecule has 0 amide bonds. The normalized spacial score (nSPS) is 10.5. The third-order valence-corrected chi connectivity index (χ3v) is 2.55. The van der Waals surface area contributed by atoms with Gasteiger partial charge in [0.2, 0.25) is 0 Å². The van der Waals surface area contributed by atoms with Crippen molar-refractivity contribution in [2.24, 2.45) is 0 Å². The molecule has 1 aromatic heterocycles. The van der Waals surface area contributed by atoms with Gasteiger partial charge in [0.15, 0.2) is 0 Å². The van der Waals surface area contributed by atoms with E-state index in [2.05, 4.69) is 11.1 Å². The zero-order valence-corrected chi connectivity index (χ0v) is 10.2. The van der Waals surface area contributed by atoms with Crippen LogP contribution in [0.3, 0.4) is 0 Å². The number of benzene rings is 1. The summed E-state index contributed by atoms with van der Waals surface area (Å²) in [5, 5.41) is 17.7. The molecule has 0 saturated carbocycles. The zero-order chi connectivity index (χ0) is 13.8. The highest BCUT2D eigenvalue weighted by atomic mass is 16.4. The summed E-state index contributed by atoms with van der Waals surface area (Å²) in [5.74, 6) is -1.02.